The first-order valence-electron chi connectivity index (χ1n) is 6.34. The van der Waals surface area contributed by atoms with Crippen molar-refractivity contribution in [2.75, 3.05) is 39.3 Å². The first kappa shape index (κ1) is 11.9. The van der Waals surface area contributed by atoms with Crippen molar-refractivity contribution < 1.29 is 5.11 Å². The summed E-state index contributed by atoms with van der Waals surface area (Å²) in [6.45, 7) is 9.79. The number of aliphatic hydroxyl groups is 1. The number of piperidine rings is 1. The van der Waals surface area contributed by atoms with Gasteiger partial charge in [0, 0.05) is 19.6 Å². The maximum Gasteiger partial charge on any atom is 0.0959 e. The Kier molecular flexibility index (Phi) is 3.50. The van der Waals surface area contributed by atoms with E-state index in [1.807, 2.05) is 6.92 Å². The molecule has 2 rings (SSSR count). The molecule has 0 bridgehead atoms. The Morgan fingerprint density at radius 2 is 2.25 bits per heavy atom. The van der Waals surface area contributed by atoms with Gasteiger partial charge in [-0.1, -0.05) is 6.92 Å². The quantitative estimate of drug-likeness (QED) is 0.763. The number of hydrogen-bond donors (Lipinski definition) is 1. The molecule has 0 unspecified atom stereocenters. The molecule has 0 radical (unpaired) electrons. The minimum atomic E-state index is -0.532. The van der Waals surface area contributed by atoms with Crippen LogP contribution in [0.3, 0.4) is 0 Å². The molecule has 0 aromatic rings. The second kappa shape index (κ2) is 4.72. The third-order valence-electron chi connectivity index (χ3n) is 3.73. The highest BCUT2D eigenvalue weighted by atomic mass is 16.3. The average molecular weight is 225 g/mol. The molecular weight excluding hydrogens is 202 g/mol. The van der Waals surface area contributed by atoms with Gasteiger partial charge in [0.2, 0.25) is 0 Å². The Morgan fingerprint density at radius 1 is 1.44 bits per heavy atom. The van der Waals surface area contributed by atoms with Gasteiger partial charge in [0.05, 0.1) is 18.0 Å². The van der Waals surface area contributed by atoms with Crippen molar-refractivity contribution in [3.05, 3.63) is 0 Å². The van der Waals surface area contributed by atoms with Gasteiger partial charge >= 0.3 is 0 Å². The van der Waals surface area contributed by atoms with Crippen LogP contribution in [0, 0.1) is 0 Å². The van der Waals surface area contributed by atoms with E-state index < -0.39 is 5.60 Å². The molecule has 1 fully saturated rings. The molecule has 92 valence electrons. The van der Waals surface area contributed by atoms with E-state index in [2.05, 4.69) is 21.7 Å². The second-order valence-electron chi connectivity index (χ2n) is 5.05. The fraction of sp³-hybridized carbons (Fsp3) is 0.917. The van der Waals surface area contributed by atoms with Gasteiger partial charge in [-0.3, -0.25) is 4.99 Å². The first-order chi connectivity index (χ1) is 7.63. The minimum Gasteiger partial charge on any atom is -0.387 e. The van der Waals surface area contributed by atoms with Crippen molar-refractivity contribution >= 4 is 5.84 Å². The Balaban J connectivity index is 1.94. The standard InChI is InChI=1S/C12H23N3O/c1-3-14-7-4-5-12(16,9-14)10-15-8-6-13-11(15)2/h16H,3-10H2,1-2H3/t12-/m0/s1. The minimum absolute atomic E-state index is 0.532. The van der Waals surface area contributed by atoms with Crippen LogP contribution < -0.4 is 0 Å². The zero-order chi connectivity index (χ0) is 11.6. The van der Waals surface area contributed by atoms with E-state index in [1.54, 1.807) is 0 Å². The maximum absolute atomic E-state index is 10.6. The summed E-state index contributed by atoms with van der Waals surface area (Å²) >= 11 is 0. The van der Waals surface area contributed by atoms with Crippen LogP contribution in [0.15, 0.2) is 4.99 Å². The fourth-order valence-electron chi connectivity index (χ4n) is 2.75. The predicted octanol–water partition coefficient (Wildman–Crippen LogP) is 0.567. The van der Waals surface area contributed by atoms with Gasteiger partial charge < -0.3 is 14.9 Å². The van der Waals surface area contributed by atoms with Crippen molar-refractivity contribution in [2.24, 2.45) is 4.99 Å². The molecule has 2 aliphatic rings. The Labute approximate surface area is 98.0 Å². The monoisotopic (exact) mass is 225 g/mol. The third-order valence-corrected chi connectivity index (χ3v) is 3.73. The van der Waals surface area contributed by atoms with Crippen molar-refractivity contribution in [2.45, 2.75) is 32.3 Å². The van der Waals surface area contributed by atoms with Crippen LogP contribution in [0.4, 0.5) is 0 Å². The number of nitrogens with zero attached hydrogens (tertiary/aromatic N) is 3. The van der Waals surface area contributed by atoms with Gasteiger partial charge in [0.1, 0.15) is 0 Å². The van der Waals surface area contributed by atoms with Crippen LogP contribution in [0.25, 0.3) is 0 Å². The molecule has 0 aliphatic carbocycles. The lowest BCUT2D eigenvalue weighted by Gasteiger charge is -2.41. The Morgan fingerprint density at radius 3 is 2.88 bits per heavy atom. The van der Waals surface area contributed by atoms with E-state index in [0.29, 0.717) is 0 Å². The van der Waals surface area contributed by atoms with E-state index in [1.165, 1.54) is 0 Å². The van der Waals surface area contributed by atoms with Crippen LogP contribution in [-0.4, -0.2) is 65.6 Å². The van der Waals surface area contributed by atoms with Crippen molar-refractivity contribution in [3.8, 4) is 0 Å². The number of hydrogen-bond acceptors (Lipinski definition) is 4. The summed E-state index contributed by atoms with van der Waals surface area (Å²) in [6, 6.07) is 0. The molecule has 16 heavy (non-hydrogen) atoms. The second-order valence-corrected chi connectivity index (χ2v) is 5.05. The SMILES string of the molecule is CCN1CCC[C@@](O)(CN2CCN=C2C)C1. The van der Waals surface area contributed by atoms with Gasteiger partial charge in [0.15, 0.2) is 0 Å². The Bertz CT molecular complexity index is 279. The molecule has 1 saturated heterocycles. The van der Waals surface area contributed by atoms with Crippen molar-refractivity contribution in [1.29, 1.82) is 0 Å². The molecule has 4 heteroatoms. The summed E-state index contributed by atoms with van der Waals surface area (Å²) in [5.74, 6) is 1.09. The molecule has 2 aliphatic heterocycles. The number of likely N-dealkylation sites (tertiary alicyclic amines) is 1. The lowest BCUT2D eigenvalue weighted by molar-refractivity contribution is -0.0406. The fourth-order valence-corrected chi connectivity index (χ4v) is 2.75. The van der Waals surface area contributed by atoms with Gasteiger partial charge in [-0.2, -0.15) is 0 Å². The number of likely N-dealkylation sites (N-methyl/N-ethyl adjacent to an activating group) is 1. The van der Waals surface area contributed by atoms with Crippen LogP contribution >= 0.6 is 0 Å². The maximum atomic E-state index is 10.6. The van der Waals surface area contributed by atoms with E-state index in [0.717, 1.165) is 57.9 Å². The van der Waals surface area contributed by atoms with Crippen LogP contribution in [-0.2, 0) is 0 Å². The Hall–Kier alpha value is -0.610. The summed E-state index contributed by atoms with van der Waals surface area (Å²) in [7, 11) is 0. The lowest BCUT2D eigenvalue weighted by atomic mass is 9.92. The highest BCUT2D eigenvalue weighted by Crippen LogP contribution is 2.23. The van der Waals surface area contributed by atoms with Gasteiger partial charge in [0.25, 0.3) is 0 Å². The van der Waals surface area contributed by atoms with Crippen molar-refractivity contribution in [3.63, 3.8) is 0 Å². The summed E-state index contributed by atoms with van der Waals surface area (Å²) in [6.07, 6.45) is 2.03. The average Bonchev–Trinajstić information content (AvgIpc) is 2.64. The molecular formula is C12H23N3O. The lowest BCUT2D eigenvalue weighted by Crippen LogP contribution is -2.54. The molecule has 0 saturated carbocycles. The van der Waals surface area contributed by atoms with Crippen LogP contribution in [0.1, 0.15) is 26.7 Å². The van der Waals surface area contributed by atoms with Crippen LogP contribution in [0.5, 0.6) is 0 Å². The molecule has 0 aromatic heterocycles. The number of aliphatic imine (C=N–C) groups is 1. The van der Waals surface area contributed by atoms with Gasteiger partial charge in [-0.15, -0.1) is 0 Å². The van der Waals surface area contributed by atoms with E-state index in [-0.39, 0.29) is 0 Å². The molecule has 0 spiro atoms. The van der Waals surface area contributed by atoms with Gasteiger partial charge in [-0.05, 0) is 32.9 Å². The number of β-amino-alcohol motifs (C(OH)–C–C–N with tert-alkyl or cyclic N) is 1. The molecule has 2 heterocycles. The molecule has 4 nitrogen and oxygen atoms in total. The largest absolute Gasteiger partial charge is 0.387 e. The summed E-state index contributed by atoms with van der Waals surface area (Å²) < 4.78 is 0. The zero-order valence-corrected chi connectivity index (χ0v) is 10.4. The topological polar surface area (TPSA) is 39.1 Å². The molecule has 0 aromatic carbocycles. The molecule has 1 N–H and O–H groups in total. The third kappa shape index (κ3) is 2.55. The molecule has 0 amide bonds. The van der Waals surface area contributed by atoms with Crippen molar-refractivity contribution in [1.82, 2.24) is 9.80 Å². The predicted molar refractivity (Wildman–Crippen MR) is 65.8 cm³/mol. The summed E-state index contributed by atoms with van der Waals surface area (Å²) in [4.78, 5) is 8.93. The number of rotatable bonds is 3. The highest BCUT2D eigenvalue weighted by Gasteiger charge is 2.35. The summed E-state index contributed by atoms with van der Waals surface area (Å²) in [5.41, 5.74) is -0.532. The van der Waals surface area contributed by atoms with E-state index in [4.69, 9.17) is 0 Å². The van der Waals surface area contributed by atoms with E-state index >= 15 is 0 Å². The number of amidine groups is 1. The first-order valence-corrected chi connectivity index (χ1v) is 6.34. The summed E-state index contributed by atoms with van der Waals surface area (Å²) in [5, 5.41) is 10.6. The normalized spacial score (nSPS) is 31.9. The zero-order valence-electron chi connectivity index (χ0n) is 10.4. The highest BCUT2D eigenvalue weighted by molar-refractivity contribution is 5.81. The molecule has 1 atom stereocenters. The van der Waals surface area contributed by atoms with E-state index in [9.17, 15) is 5.11 Å². The van der Waals surface area contributed by atoms with Gasteiger partial charge in [-0.25, -0.2) is 0 Å². The smallest absolute Gasteiger partial charge is 0.0959 e. The van der Waals surface area contributed by atoms with Crippen LogP contribution in [0.2, 0.25) is 0 Å².